The summed E-state index contributed by atoms with van der Waals surface area (Å²) >= 11 is 0. The van der Waals surface area contributed by atoms with Crippen LogP contribution in [0.2, 0.25) is 0 Å². The highest BCUT2D eigenvalue weighted by Crippen LogP contribution is 2.39. The molecule has 6 aromatic carbocycles. The van der Waals surface area contributed by atoms with Gasteiger partial charge in [-0.1, -0.05) is 60.7 Å². The summed E-state index contributed by atoms with van der Waals surface area (Å²) in [7, 11) is 0. The predicted molar refractivity (Wildman–Crippen MR) is 330 cm³/mol. The number of anilines is 2. The smallest absolute Gasteiger partial charge is 0.352 e. The van der Waals surface area contributed by atoms with Crippen LogP contribution in [0.25, 0.3) is 11.1 Å². The van der Waals surface area contributed by atoms with E-state index in [-0.39, 0.29) is 58.8 Å². The fourth-order valence-electron chi connectivity index (χ4n) is 11.9. The van der Waals surface area contributed by atoms with Crippen LogP contribution in [0.3, 0.4) is 0 Å². The maximum absolute atomic E-state index is 14.0. The fourth-order valence-corrected chi connectivity index (χ4v) is 11.9. The topological polar surface area (TPSA) is 218 Å². The number of carbonyl (C=O) groups is 6. The number of hydrogen-bond acceptors (Lipinski definition) is 10. The second kappa shape index (κ2) is 27.8. The zero-order chi connectivity index (χ0) is 65.4. The third kappa shape index (κ3) is 14.6. The van der Waals surface area contributed by atoms with Gasteiger partial charge < -0.3 is 31.1 Å². The lowest BCUT2D eigenvalue weighted by Gasteiger charge is -2.36. The SMILES string of the molecule is CC1=C(C(=O)NCCCN2CCN(C(=O)c3ccc(-c4ccc(C(=O)N5CCN(CCCNC(=O)C6=C(C)N(c7cccc(C(F)(F)F)c7)C(=O)N[C@@H]6c6ccc(C#N)cc6)CC5)cc4)cc3)CC2)[C@@H](c2ccc(C#N)cc2)NC(=O)N1c1cccc(C(F)(F)F)c1. The van der Waals surface area contributed by atoms with Crippen molar-refractivity contribution in [3.05, 3.63) is 213 Å². The Morgan fingerprint density at radius 1 is 0.500 bits per heavy atom. The van der Waals surface area contributed by atoms with Crippen LogP contribution < -0.4 is 31.1 Å². The molecule has 0 aliphatic carbocycles. The van der Waals surface area contributed by atoms with E-state index in [4.69, 9.17) is 0 Å². The van der Waals surface area contributed by atoms with Gasteiger partial charge in [0.15, 0.2) is 0 Å². The first kappa shape index (κ1) is 64.7. The predicted octanol–water partition coefficient (Wildman–Crippen LogP) is 10.2. The summed E-state index contributed by atoms with van der Waals surface area (Å²) in [6, 6.07) is 36.5. The number of benzene rings is 6. The van der Waals surface area contributed by atoms with E-state index in [9.17, 15) is 65.6 Å². The van der Waals surface area contributed by atoms with E-state index < -0.39 is 59.4 Å². The first-order valence-corrected chi connectivity index (χ1v) is 29.9. The molecule has 4 heterocycles. The lowest BCUT2D eigenvalue weighted by atomic mass is 9.93. The molecular formula is C68H64F6N12O6. The van der Waals surface area contributed by atoms with Crippen LogP contribution in [0.15, 0.2) is 168 Å². The molecule has 0 aromatic heterocycles. The monoisotopic (exact) mass is 1260 g/mol. The van der Waals surface area contributed by atoms with E-state index in [1.807, 2.05) is 36.4 Å². The van der Waals surface area contributed by atoms with Crippen molar-refractivity contribution in [2.24, 2.45) is 0 Å². The number of halogens is 6. The molecule has 0 spiro atoms. The standard InChI is InChI=1S/C68H64F6N12O6/c1-43-57(59(49-15-11-45(41-75)12-16-49)79-65(91)85(43)55-9-3-7-53(39-55)67(69,70)71)61(87)77-27-5-29-81-31-35-83(36-32-81)63(89)51-23-19-47(20-24-51)48-21-25-52(26-22-48)64(90)84-37-33-82(34-38-84)30-6-28-78-62(88)58-44(2)86(56-10-4-8-54(40-56)68(72,73)74)66(92)80-60(58)50-17-13-46(42-76)14-18-50/h3-4,7-26,39-40,59-60H,5-6,27-38H2,1-2H3,(H,77,87)(H,78,88)(H,79,91)(H,80,92)/t59-,60-/m1/s1. The highest BCUT2D eigenvalue weighted by atomic mass is 19.4. The van der Waals surface area contributed by atoms with Gasteiger partial charge in [0.25, 0.3) is 23.6 Å². The molecule has 10 rings (SSSR count). The average Bonchev–Trinajstić information content (AvgIpc) is 0.919. The molecule has 0 saturated carbocycles. The molecule has 4 N–H and O–H groups in total. The zero-order valence-electron chi connectivity index (χ0n) is 50.2. The molecule has 474 valence electrons. The molecule has 0 radical (unpaired) electrons. The molecule has 0 unspecified atom stereocenters. The van der Waals surface area contributed by atoms with Crippen molar-refractivity contribution < 1.29 is 55.1 Å². The minimum absolute atomic E-state index is 0.0676. The molecule has 2 atom stereocenters. The Hall–Kier alpha value is -10.3. The van der Waals surface area contributed by atoms with Gasteiger partial charge in [0, 0.05) is 88.0 Å². The van der Waals surface area contributed by atoms with Gasteiger partial charge in [0.05, 0.1) is 69.0 Å². The first-order valence-electron chi connectivity index (χ1n) is 29.9. The van der Waals surface area contributed by atoms with Crippen molar-refractivity contribution in [3.63, 3.8) is 0 Å². The van der Waals surface area contributed by atoms with Gasteiger partial charge in [-0.25, -0.2) is 9.59 Å². The molecule has 4 aliphatic heterocycles. The van der Waals surface area contributed by atoms with E-state index in [0.29, 0.717) is 112 Å². The van der Waals surface area contributed by atoms with E-state index in [2.05, 4.69) is 31.1 Å². The van der Waals surface area contributed by atoms with E-state index in [0.717, 1.165) is 45.2 Å². The molecule has 8 amide bonds. The fraction of sp³-hybridized carbons (Fsp3) is 0.294. The second-order valence-electron chi connectivity index (χ2n) is 22.6. The van der Waals surface area contributed by atoms with E-state index in [1.165, 1.54) is 38.1 Å². The van der Waals surface area contributed by atoms with Crippen LogP contribution in [0, 0.1) is 22.7 Å². The lowest BCUT2D eigenvalue weighted by molar-refractivity contribution is -0.138. The summed E-state index contributed by atoms with van der Waals surface area (Å²) in [5.74, 6) is -1.26. The molecule has 4 aliphatic rings. The number of nitrogens with one attached hydrogen (secondary N) is 4. The Kier molecular flexibility index (Phi) is 19.6. The van der Waals surface area contributed by atoms with Gasteiger partial charge in [-0.15, -0.1) is 0 Å². The lowest BCUT2D eigenvalue weighted by Crippen LogP contribution is -2.50. The number of hydrogen-bond donors (Lipinski definition) is 4. The highest BCUT2D eigenvalue weighted by Gasteiger charge is 2.40. The largest absolute Gasteiger partial charge is 0.416 e. The summed E-state index contributed by atoms with van der Waals surface area (Å²) in [4.78, 5) is 92.5. The van der Waals surface area contributed by atoms with Crippen LogP contribution >= 0.6 is 0 Å². The molecule has 24 heteroatoms. The number of piperazine rings is 2. The van der Waals surface area contributed by atoms with Gasteiger partial charge in [0.2, 0.25) is 0 Å². The average molecular weight is 1260 g/mol. The highest BCUT2D eigenvalue weighted by molar-refractivity contribution is 6.06. The molecule has 6 aromatic rings. The van der Waals surface area contributed by atoms with Gasteiger partial charge in [-0.2, -0.15) is 36.9 Å². The number of amides is 8. The molecular weight excluding hydrogens is 1190 g/mol. The maximum atomic E-state index is 14.0. The summed E-state index contributed by atoms with van der Waals surface area (Å²) in [6.07, 6.45) is -8.25. The van der Waals surface area contributed by atoms with Crippen LogP contribution in [-0.2, 0) is 21.9 Å². The molecule has 18 nitrogen and oxygen atoms in total. The van der Waals surface area contributed by atoms with Crippen molar-refractivity contribution in [1.29, 1.82) is 10.5 Å². The minimum atomic E-state index is -4.67. The Labute approximate surface area is 526 Å². The van der Waals surface area contributed by atoms with Crippen molar-refractivity contribution in [2.45, 2.75) is 51.1 Å². The summed E-state index contributed by atoms with van der Waals surface area (Å²) in [5, 5.41) is 30.1. The van der Waals surface area contributed by atoms with Gasteiger partial charge in [0.1, 0.15) is 0 Å². The van der Waals surface area contributed by atoms with Crippen molar-refractivity contribution >= 4 is 47.1 Å². The zero-order valence-corrected chi connectivity index (χ0v) is 50.2. The number of allylic oxidation sites excluding steroid dienone is 2. The number of urea groups is 2. The van der Waals surface area contributed by atoms with Crippen LogP contribution in [-0.4, -0.2) is 134 Å². The first-order chi connectivity index (χ1) is 44.1. The summed E-state index contributed by atoms with van der Waals surface area (Å²) < 4.78 is 82.2. The van der Waals surface area contributed by atoms with Crippen LogP contribution in [0.4, 0.5) is 47.3 Å². The third-order valence-corrected chi connectivity index (χ3v) is 16.9. The van der Waals surface area contributed by atoms with E-state index in [1.54, 1.807) is 82.6 Å². The van der Waals surface area contributed by atoms with Crippen molar-refractivity contribution in [2.75, 3.05) is 88.3 Å². The number of carbonyl (C=O) groups excluding carboxylic acids is 6. The van der Waals surface area contributed by atoms with Crippen molar-refractivity contribution in [1.82, 2.24) is 40.9 Å². The van der Waals surface area contributed by atoms with Crippen LogP contribution in [0.5, 0.6) is 0 Å². The summed E-state index contributed by atoms with van der Waals surface area (Å²) in [5.41, 5.74) is 3.02. The van der Waals surface area contributed by atoms with Crippen molar-refractivity contribution in [3.8, 4) is 23.3 Å². The normalized spacial score (nSPS) is 17.6. The van der Waals surface area contributed by atoms with Crippen LogP contribution in [0.1, 0.15) is 92.9 Å². The summed E-state index contributed by atoms with van der Waals surface area (Å²) in [6.45, 7) is 9.01. The van der Waals surface area contributed by atoms with Gasteiger partial charge >= 0.3 is 24.4 Å². The minimum Gasteiger partial charge on any atom is -0.352 e. The Morgan fingerprint density at radius 3 is 1.17 bits per heavy atom. The quantitative estimate of drug-likeness (QED) is 0.0500. The Morgan fingerprint density at radius 2 is 0.848 bits per heavy atom. The van der Waals surface area contributed by atoms with Gasteiger partial charge in [-0.3, -0.25) is 38.8 Å². The second-order valence-corrected chi connectivity index (χ2v) is 22.6. The third-order valence-electron chi connectivity index (χ3n) is 16.9. The van der Waals surface area contributed by atoms with Gasteiger partial charge in [-0.05, 0) is 147 Å². The Balaban J connectivity index is 0.664. The molecule has 0 bridgehead atoms. The molecule has 2 fully saturated rings. The number of alkyl halides is 6. The number of nitriles is 2. The van der Waals surface area contributed by atoms with E-state index >= 15 is 0 Å². The molecule has 2 saturated heterocycles. The number of nitrogens with zero attached hydrogens (tertiary/aromatic N) is 8. The Bertz CT molecular complexity index is 3670. The maximum Gasteiger partial charge on any atom is 0.416 e. The molecule has 92 heavy (non-hydrogen) atoms. The number of rotatable bonds is 17.